The van der Waals surface area contributed by atoms with E-state index in [1.807, 2.05) is 0 Å². The molecule has 0 heteroatoms. The Morgan fingerprint density at radius 2 is 1.52 bits per heavy atom. The average Bonchev–Trinajstić information content (AvgIpc) is 2.98. The highest BCUT2D eigenvalue weighted by Gasteiger charge is 2.59. The molecule has 4 saturated carbocycles. The van der Waals surface area contributed by atoms with E-state index in [-0.39, 0.29) is 0 Å². The molecule has 4 rings (SSSR count). The molecule has 4 fully saturated rings. The summed E-state index contributed by atoms with van der Waals surface area (Å²) in [6.45, 7) is 12.9. The lowest BCUT2D eigenvalue weighted by Gasteiger charge is -2.61. The van der Waals surface area contributed by atoms with Crippen molar-refractivity contribution < 1.29 is 0 Å². The first-order valence-corrected chi connectivity index (χ1v) is 12.9. The van der Waals surface area contributed by atoms with Crippen LogP contribution in [0.15, 0.2) is 0 Å². The summed E-state index contributed by atoms with van der Waals surface area (Å²) in [6, 6.07) is 0. The fourth-order valence-corrected chi connectivity index (χ4v) is 9.32. The summed E-state index contributed by atoms with van der Waals surface area (Å²) in [5.41, 5.74) is 1.39. The van der Waals surface area contributed by atoms with Crippen LogP contribution in [-0.2, 0) is 0 Å². The molecule has 0 unspecified atom stereocenters. The highest BCUT2D eigenvalue weighted by molar-refractivity contribution is 5.09. The van der Waals surface area contributed by atoms with Gasteiger partial charge in [0.1, 0.15) is 0 Å². The molecule has 0 aromatic rings. The summed E-state index contributed by atoms with van der Waals surface area (Å²) in [7, 11) is 0. The van der Waals surface area contributed by atoms with Crippen LogP contribution in [0.1, 0.15) is 118 Å². The van der Waals surface area contributed by atoms with E-state index in [0.717, 1.165) is 41.4 Å². The van der Waals surface area contributed by atoms with Gasteiger partial charge in [0.25, 0.3) is 0 Å². The van der Waals surface area contributed by atoms with Gasteiger partial charge in [0.15, 0.2) is 0 Å². The van der Waals surface area contributed by atoms with Crippen molar-refractivity contribution in [2.24, 2.45) is 52.3 Å². The zero-order valence-corrected chi connectivity index (χ0v) is 19.2. The third-order valence-corrected chi connectivity index (χ3v) is 10.8. The van der Waals surface area contributed by atoms with Crippen molar-refractivity contribution in [2.75, 3.05) is 0 Å². The van der Waals surface area contributed by atoms with E-state index in [9.17, 15) is 0 Å². The zero-order chi connectivity index (χ0) is 19.2. The second-order valence-corrected chi connectivity index (χ2v) is 12.4. The molecule has 0 aromatic carbocycles. The van der Waals surface area contributed by atoms with Crippen molar-refractivity contribution in [1.29, 1.82) is 0 Å². The van der Waals surface area contributed by atoms with Gasteiger partial charge in [0, 0.05) is 0 Å². The summed E-state index contributed by atoms with van der Waals surface area (Å²) >= 11 is 0. The molecule has 0 aromatic heterocycles. The van der Waals surface area contributed by atoms with E-state index in [1.165, 1.54) is 32.1 Å². The lowest BCUT2D eigenvalue weighted by Crippen LogP contribution is -2.53. The first-order valence-electron chi connectivity index (χ1n) is 12.9. The van der Waals surface area contributed by atoms with Crippen LogP contribution < -0.4 is 0 Å². The highest BCUT2D eigenvalue weighted by atomic mass is 14.6. The molecule has 0 aliphatic heterocycles. The summed E-state index contributed by atoms with van der Waals surface area (Å²) in [6.07, 6.45) is 19.9. The van der Waals surface area contributed by atoms with Gasteiger partial charge < -0.3 is 0 Å². The maximum Gasteiger partial charge on any atom is -0.0264 e. The molecule has 156 valence electrons. The van der Waals surface area contributed by atoms with Gasteiger partial charge in [-0.05, 0) is 104 Å². The van der Waals surface area contributed by atoms with Crippen molar-refractivity contribution in [3.63, 3.8) is 0 Å². The molecule has 0 heterocycles. The Bertz CT molecular complexity index is 506. The van der Waals surface area contributed by atoms with E-state index in [4.69, 9.17) is 0 Å². The van der Waals surface area contributed by atoms with Gasteiger partial charge >= 0.3 is 0 Å². The Morgan fingerprint density at radius 1 is 0.741 bits per heavy atom. The van der Waals surface area contributed by atoms with Crippen molar-refractivity contribution in [3.05, 3.63) is 0 Å². The third kappa shape index (κ3) is 3.44. The number of fused-ring (bicyclic) bond motifs is 5. The normalized spacial score (nSPS) is 48.0. The fraction of sp³-hybridized carbons (Fsp3) is 1.00. The monoisotopic (exact) mass is 372 g/mol. The minimum absolute atomic E-state index is 0.677. The molecule has 0 spiro atoms. The van der Waals surface area contributed by atoms with Crippen LogP contribution in [0.25, 0.3) is 0 Å². The number of hydrogen-bond donors (Lipinski definition) is 0. The van der Waals surface area contributed by atoms with Crippen LogP contribution in [0.2, 0.25) is 0 Å². The van der Waals surface area contributed by atoms with E-state index < -0.39 is 0 Å². The van der Waals surface area contributed by atoms with Gasteiger partial charge in [-0.3, -0.25) is 0 Å². The predicted molar refractivity (Wildman–Crippen MR) is 118 cm³/mol. The van der Waals surface area contributed by atoms with Crippen molar-refractivity contribution in [3.8, 4) is 0 Å². The van der Waals surface area contributed by atoms with E-state index in [1.54, 1.807) is 51.4 Å². The minimum Gasteiger partial charge on any atom is -0.0628 e. The van der Waals surface area contributed by atoms with Crippen LogP contribution in [0.5, 0.6) is 0 Å². The first kappa shape index (κ1) is 20.3. The molecule has 0 N–H and O–H groups in total. The second kappa shape index (κ2) is 7.68. The lowest BCUT2D eigenvalue weighted by atomic mass is 9.44. The summed E-state index contributed by atoms with van der Waals surface area (Å²) in [5, 5.41) is 0. The molecule has 0 bridgehead atoms. The molecular formula is C27H48. The maximum atomic E-state index is 2.75. The molecule has 0 nitrogen and oxygen atoms in total. The quantitative estimate of drug-likeness (QED) is 0.453. The predicted octanol–water partition coefficient (Wildman–Crippen LogP) is 8.50. The van der Waals surface area contributed by atoms with Gasteiger partial charge in [0.2, 0.25) is 0 Å². The van der Waals surface area contributed by atoms with Crippen molar-refractivity contribution in [1.82, 2.24) is 0 Å². The number of hydrogen-bond acceptors (Lipinski definition) is 0. The first-order chi connectivity index (χ1) is 12.9. The Morgan fingerprint density at radius 3 is 2.30 bits per heavy atom. The second-order valence-electron chi connectivity index (χ2n) is 12.4. The molecule has 8 atom stereocenters. The molecule has 0 amide bonds. The molecule has 27 heavy (non-hydrogen) atoms. The standard InChI is InChI=1S/C27H48/c1-19(2)9-8-10-20(3)23-14-15-24-22-13-12-21-11-6-7-17-26(21,4)25(22)16-18-27(23,24)5/h19-25H,6-18H2,1-5H3/t20-,21-,22-,23+,24-,25-,26+,27+/m1/s1. The van der Waals surface area contributed by atoms with Crippen molar-refractivity contribution >= 4 is 0 Å². The van der Waals surface area contributed by atoms with E-state index >= 15 is 0 Å². The minimum atomic E-state index is 0.677. The van der Waals surface area contributed by atoms with Crippen LogP contribution in [-0.4, -0.2) is 0 Å². The fourth-order valence-electron chi connectivity index (χ4n) is 9.32. The Hall–Kier alpha value is 0. The van der Waals surface area contributed by atoms with Crippen LogP contribution >= 0.6 is 0 Å². The molecule has 4 aliphatic carbocycles. The highest BCUT2D eigenvalue weighted by Crippen LogP contribution is 2.68. The summed E-state index contributed by atoms with van der Waals surface area (Å²) in [4.78, 5) is 0. The summed E-state index contributed by atoms with van der Waals surface area (Å²) < 4.78 is 0. The van der Waals surface area contributed by atoms with Gasteiger partial charge in [0.05, 0.1) is 0 Å². The van der Waals surface area contributed by atoms with Gasteiger partial charge in [-0.15, -0.1) is 0 Å². The van der Waals surface area contributed by atoms with Gasteiger partial charge in [-0.25, -0.2) is 0 Å². The zero-order valence-electron chi connectivity index (χ0n) is 19.2. The van der Waals surface area contributed by atoms with Crippen LogP contribution in [0.3, 0.4) is 0 Å². The maximum absolute atomic E-state index is 2.75. The topological polar surface area (TPSA) is 0 Å². The van der Waals surface area contributed by atoms with E-state index in [2.05, 4.69) is 34.6 Å². The van der Waals surface area contributed by atoms with Crippen molar-refractivity contribution in [2.45, 2.75) is 118 Å². The van der Waals surface area contributed by atoms with Gasteiger partial charge in [-0.2, -0.15) is 0 Å². The smallest absolute Gasteiger partial charge is 0.0264 e. The Balaban J connectivity index is 1.46. The molecule has 4 aliphatic rings. The molecule has 0 radical (unpaired) electrons. The van der Waals surface area contributed by atoms with Gasteiger partial charge in [-0.1, -0.05) is 66.7 Å². The largest absolute Gasteiger partial charge is 0.0628 e. The average molecular weight is 373 g/mol. The van der Waals surface area contributed by atoms with Crippen LogP contribution in [0, 0.1) is 52.3 Å². The summed E-state index contributed by atoms with van der Waals surface area (Å²) in [5.74, 6) is 7.15. The lowest BCUT2D eigenvalue weighted by molar-refractivity contribution is -0.114. The van der Waals surface area contributed by atoms with E-state index in [0.29, 0.717) is 10.8 Å². The number of rotatable bonds is 5. The SMILES string of the molecule is CC(C)CCC[C@@H](C)[C@@H]1CC[C@@H]2[C@H]3CC[C@H]4CCCC[C@]4(C)[C@@H]3CC[C@]21C. The molecular weight excluding hydrogens is 324 g/mol. The molecule has 0 saturated heterocycles. The Labute approximate surface area is 170 Å². The van der Waals surface area contributed by atoms with Crippen LogP contribution in [0.4, 0.5) is 0 Å². The Kier molecular flexibility index (Phi) is 5.77. The third-order valence-electron chi connectivity index (χ3n) is 10.8.